The van der Waals surface area contributed by atoms with Crippen LogP contribution in [-0.4, -0.2) is 54.8 Å². The lowest BCUT2D eigenvalue weighted by Gasteiger charge is -2.26. The molecule has 1 heterocycles. The van der Waals surface area contributed by atoms with E-state index in [9.17, 15) is 9.59 Å². The first kappa shape index (κ1) is 15.1. The van der Waals surface area contributed by atoms with Crippen molar-refractivity contribution in [3.8, 4) is 0 Å². The summed E-state index contributed by atoms with van der Waals surface area (Å²) >= 11 is 0. The Balaban J connectivity index is 1.76. The van der Waals surface area contributed by atoms with Crippen molar-refractivity contribution < 1.29 is 19.1 Å². The molecule has 1 N–H and O–H groups in total. The summed E-state index contributed by atoms with van der Waals surface area (Å²) in [6, 6.07) is 0.00774. The van der Waals surface area contributed by atoms with Crippen LogP contribution in [0.25, 0.3) is 0 Å². The monoisotopic (exact) mass is 284 g/mol. The van der Waals surface area contributed by atoms with Gasteiger partial charge in [-0.2, -0.15) is 0 Å². The third-order valence-electron chi connectivity index (χ3n) is 3.84. The molecule has 114 valence electrons. The van der Waals surface area contributed by atoms with E-state index in [-0.39, 0.29) is 18.1 Å². The highest BCUT2D eigenvalue weighted by atomic mass is 16.6. The normalized spacial score (nSPS) is 29.6. The molecular formula is C14H24N2O4. The lowest BCUT2D eigenvalue weighted by atomic mass is 10.2. The van der Waals surface area contributed by atoms with Gasteiger partial charge in [-0.15, -0.1) is 0 Å². The van der Waals surface area contributed by atoms with Crippen LogP contribution in [0, 0.1) is 11.8 Å². The van der Waals surface area contributed by atoms with Crippen molar-refractivity contribution in [1.29, 1.82) is 0 Å². The fraction of sp³-hybridized carbons (Fsp3) is 0.857. The van der Waals surface area contributed by atoms with Gasteiger partial charge in [0.2, 0.25) is 0 Å². The SMILES string of the molecule is COC(=O)C(C)NC1C2CN(C(=O)OC(C)(C)C)CC21. The Morgan fingerprint density at radius 3 is 2.25 bits per heavy atom. The van der Waals surface area contributed by atoms with Gasteiger partial charge in [0, 0.05) is 19.1 Å². The maximum absolute atomic E-state index is 11.9. The summed E-state index contributed by atoms with van der Waals surface area (Å²) in [6.07, 6.45) is -0.246. The predicted octanol–water partition coefficient (Wildman–Crippen LogP) is 1.00. The van der Waals surface area contributed by atoms with Gasteiger partial charge in [-0.25, -0.2) is 4.79 Å². The van der Waals surface area contributed by atoms with Crippen LogP contribution in [0.15, 0.2) is 0 Å². The van der Waals surface area contributed by atoms with E-state index >= 15 is 0 Å². The molecule has 0 aromatic carbocycles. The van der Waals surface area contributed by atoms with Gasteiger partial charge in [0.05, 0.1) is 7.11 Å². The van der Waals surface area contributed by atoms with Crippen molar-refractivity contribution in [2.24, 2.45) is 11.8 Å². The third-order valence-corrected chi connectivity index (χ3v) is 3.84. The highest BCUT2D eigenvalue weighted by Gasteiger charge is 2.57. The molecule has 1 saturated carbocycles. The number of carbonyl (C=O) groups excluding carboxylic acids is 2. The third kappa shape index (κ3) is 3.23. The Morgan fingerprint density at radius 1 is 1.25 bits per heavy atom. The zero-order chi connectivity index (χ0) is 15.1. The molecule has 20 heavy (non-hydrogen) atoms. The second kappa shape index (κ2) is 5.24. The number of esters is 1. The van der Waals surface area contributed by atoms with Gasteiger partial charge in [-0.1, -0.05) is 0 Å². The summed E-state index contributed by atoms with van der Waals surface area (Å²) in [5.41, 5.74) is -0.457. The molecule has 2 rings (SSSR count). The molecular weight excluding hydrogens is 260 g/mol. The van der Waals surface area contributed by atoms with E-state index in [2.05, 4.69) is 5.32 Å². The van der Waals surface area contributed by atoms with Crippen LogP contribution in [0.5, 0.6) is 0 Å². The van der Waals surface area contributed by atoms with Crippen LogP contribution in [0.3, 0.4) is 0 Å². The van der Waals surface area contributed by atoms with Crippen molar-refractivity contribution in [3.63, 3.8) is 0 Å². The number of hydrogen-bond donors (Lipinski definition) is 1. The smallest absolute Gasteiger partial charge is 0.410 e. The van der Waals surface area contributed by atoms with Crippen molar-refractivity contribution in [3.05, 3.63) is 0 Å². The molecule has 2 aliphatic rings. The molecule has 3 unspecified atom stereocenters. The Bertz CT molecular complexity index is 392. The fourth-order valence-corrected chi connectivity index (χ4v) is 2.78. The molecule has 1 aliphatic heterocycles. The van der Waals surface area contributed by atoms with Crippen molar-refractivity contribution in [2.75, 3.05) is 20.2 Å². The number of nitrogens with one attached hydrogen (secondary N) is 1. The molecule has 0 bridgehead atoms. The Morgan fingerprint density at radius 2 is 1.80 bits per heavy atom. The van der Waals surface area contributed by atoms with Crippen LogP contribution < -0.4 is 5.32 Å². The van der Waals surface area contributed by atoms with Crippen LogP contribution >= 0.6 is 0 Å². The highest BCUT2D eigenvalue weighted by Crippen LogP contribution is 2.46. The zero-order valence-corrected chi connectivity index (χ0v) is 12.8. The lowest BCUT2D eigenvalue weighted by molar-refractivity contribution is -0.142. The van der Waals surface area contributed by atoms with E-state index in [0.29, 0.717) is 31.0 Å². The number of piperidine rings is 1. The van der Waals surface area contributed by atoms with E-state index < -0.39 is 5.60 Å². The van der Waals surface area contributed by atoms with Crippen LogP contribution in [0.1, 0.15) is 27.7 Å². The highest BCUT2D eigenvalue weighted by molar-refractivity contribution is 5.75. The van der Waals surface area contributed by atoms with Crippen LogP contribution in [0.4, 0.5) is 4.79 Å². The van der Waals surface area contributed by atoms with Gasteiger partial charge in [0.1, 0.15) is 11.6 Å². The number of likely N-dealkylation sites (tertiary alicyclic amines) is 1. The van der Waals surface area contributed by atoms with Crippen molar-refractivity contribution in [2.45, 2.75) is 45.4 Å². The zero-order valence-electron chi connectivity index (χ0n) is 12.8. The van der Waals surface area contributed by atoms with Crippen LogP contribution in [-0.2, 0) is 14.3 Å². The Kier molecular flexibility index (Phi) is 3.95. The summed E-state index contributed by atoms with van der Waals surface area (Å²) in [5, 5.41) is 3.26. The number of rotatable bonds is 3. The van der Waals surface area contributed by atoms with Gasteiger partial charge < -0.3 is 19.7 Å². The predicted molar refractivity (Wildman–Crippen MR) is 73.2 cm³/mol. The van der Waals surface area contributed by atoms with E-state index in [4.69, 9.17) is 9.47 Å². The molecule has 0 aromatic rings. The van der Waals surface area contributed by atoms with Gasteiger partial charge in [-0.05, 0) is 39.5 Å². The summed E-state index contributed by atoms with van der Waals surface area (Å²) in [5.74, 6) is 0.600. The van der Waals surface area contributed by atoms with E-state index in [1.165, 1.54) is 7.11 Å². The Labute approximate surface area is 119 Å². The second-order valence-electron chi connectivity index (χ2n) is 6.65. The number of hydrogen-bond acceptors (Lipinski definition) is 5. The van der Waals surface area contributed by atoms with Crippen molar-refractivity contribution in [1.82, 2.24) is 10.2 Å². The molecule has 0 radical (unpaired) electrons. The topological polar surface area (TPSA) is 67.9 Å². The van der Waals surface area contributed by atoms with Gasteiger partial charge in [-0.3, -0.25) is 4.79 Å². The summed E-state index contributed by atoms with van der Waals surface area (Å²) in [7, 11) is 1.39. The number of carbonyl (C=O) groups is 2. The maximum Gasteiger partial charge on any atom is 0.410 e. The minimum absolute atomic E-state index is 0.246. The fourth-order valence-electron chi connectivity index (χ4n) is 2.78. The summed E-state index contributed by atoms with van der Waals surface area (Å²) < 4.78 is 10.0. The van der Waals surface area contributed by atoms with E-state index in [1.54, 1.807) is 11.8 Å². The minimum atomic E-state index is -0.457. The average molecular weight is 284 g/mol. The molecule has 2 fully saturated rings. The first-order valence-electron chi connectivity index (χ1n) is 7.04. The largest absolute Gasteiger partial charge is 0.468 e. The van der Waals surface area contributed by atoms with Crippen molar-refractivity contribution >= 4 is 12.1 Å². The number of ether oxygens (including phenoxy) is 2. The summed E-state index contributed by atoms with van der Waals surface area (Å²) in [6.45, 7) is 8.79. The molecule has 6 heteroatoms. The standard InChI is InChI=1S/C14H24N2O4/c1-8(12(17)19-5)15-11-9-6-16(7-10(9)11)13(18)20-14(2,3)4/h8-11,15H,6-7H2,1-5H3. The minimum Gasteiger partial charge on any atom is -0.468 e. The second-order valence-corrected chi connectivity index (χ2v) is 6.65. The summed E-state index contributed by atoms with van der Waals surface area (Å²) in [4.78, 5) is 25.0. The average Bonchev–Trinajstić information content (AvgIpc) is 2.80. The van der Waals surface area contributed by atoms with Gasteiger partial charge >= 0.3 is 12.1 Å². The number of amides is 1. The van der Waals surface area contributed by atoms with Gasteiger partial charge in [0.15, 0.2) is 0 Å². The van der Waals surface area contributed by atoms with Gasteiger partial charge in [0.25, 0.3) is 0 Å². The molecule has 1 amide bonds. The van der Waals surface area contributed by atoms with E-state index in [1.807, 2.05) is 20.8 Å². The molecule has 0 spiro atoms. The quantitative estimate of drug-likeness (QED) is 0.783. The van der Waals surface area contributed by atoms with E-state index in [0.717, 1.165) is 0 Å². The first-order chi connectivity index (χ1) is 9.23. The number of methoxy groups -OCH3 is 1. The molecule has 3 atom stereocenters. The molecule has 1 aliphatic carbocycles. The maximum atomic E-state index is 11.9. The number of nitrogens with zero attached hydrogens (tertiary/aromatic N) is 1. The Hall–Kier alpha value is -1.30. The molecule has 0 aromatic heterocycles. The molecule has 6 nitrogen and oxygen atoms in total. The molecule has 1 saturated heterocycles. The first-order valence-corrected chi connectivity index (χ1v) is 7.04. The lowest BCUT2D eigenvalue weighted by Crippen LogP contribution is -2.42. The van der Waals surface area contributed by atoms with Crippen LogP contribution in [0.2, 0.25) is 0 Å². The number of fused-ring (bicyclic) bond motifs is 1.